The monoisotopic (exact) mass is 308 g/mol. The van der Waals surface area contributed by atoms with Crippen molar-refractivity contribution in [2.45, 2.75) is 12.5 Å². The summed E-state index contributed by atoms with van der Waals surface area (Å²) >= 11 is 0. The van der Waals surface area contributed by atoms with E-state index in [0.717, 1.165) is 18.4 Å². The first-order valence-corrected chi connectivity index (χ1v) is 7.25. The summed E-state index contributed by atoms with van der Waals surface area (Å²) in [5, 5.41) is 4.08. The van der Waals surface area contributed by atoms with Gasteiger partial charge in [0.05, 0.1) is 19.3 Å². The summed E-state index contributed by atoms with van der Waals surface area (Å²) in [5.41, 5.74) is 0.392. The molecule has 1 unspecified atom stereocenters. The lowest BCUT2D eigenvalue weighted by molar-refractivity contribution is -0.0124. The molecule has 0 spiro atoms. The third-order valence-corrected chi connectivity index (χ3v) is 3.98. The molecule has 1 aromatic heterocycles. The number of nitrogens with zero attached hydrogens (tertiary/aromatic N) is 4. The number of hydrogen-bond acceptors (Lipinski definition) is 4. The first-order valence-electron chi connectivity index (χ1n) is 7.25. The molecule has 1 fully saturated rings. The Bertz CT molecular complexity index is 646. The Labute approximate surface area is 127 Å². The smallest absolute Gasteiger partial charge is 0.162 e. The van der Waals surface area contributed by atoms with Gasteiger partial charge < -0.3 is 4.74 Å². The van der Waals surface area contributed by atoms with Crippen LogP contribution in [0.1, 0.15) is 17.4 Å². The Hall–Kier alpha value is -1.86. The van der Waals surface area contributed by atoms with Crippen molar-refractivity contribution in [3.05, 3.63) is 47.5 Å². The molecule has 0 bridgehead atoms. The molecular formula is C15H18F2N4O. The summed E-state index contributed by atoms with van der Waals surface area (Å²) in [6.07, 6.45) is 1.95. The van der Waals surface area contributed by atoms with Crippen LogP contribution >= 0.6 is 0 Å². The van der Waals surface area contributed by atoms with E-state index in [9.17, 15) is 8.78 Å². The van der Waals surface area contributed by atoms with E-state index in [4.69, 9.17) is 4.74 Å². The highest BCUT2D eigenvalue weighted by Gasteiger charge is 2.28. The summed E-state index contributed by atoms with van der Waals surface area (Å²) < 4.78 is 34.3. The van der Waals surface area contributed by atoms with Crippen molar-refractivity contribution in [3.63, 3.8) is 0 Å². The molecule has 1 aromatic carbocycles. The second kappa shape index (κ2) is 6.50. The van der Waals surface area contributed by atoms with Gasteiger partial charge in [0.2, 0.25) is 0 Å². The number of benzene rings is 1. The SMILES string of the molecule is Cn1ncnc1C1COCCN1CCc1cccc(F)c1F. The van der Waals surface area contributed by atoms with Gasteiger partial charge in [-0.25, -0.2) is 13.8 Å². The Morgan fingerprint density at radius 2 is 2.23 bits per heavy atom. The summed E-state index contributed by atoms with van der Waals surface area (Å²) in [7, 11) is 1.83. The van der Waals surface area contributed by atoms with Crippen molar-refractivity contribution in [1.29, 1.82) is 0 Å². The normalized spacial score (nSPS) is 19.5. The molecule has 0 saturated carbocycles. The van der Waals surface area contributed by atoms with Crippen LogP contribution in [-0.4, -0.2) is 46.0 Å². The molecule has 22 heavy (non-hydrogen) atoms. The van der Waals surface area contributed by atoms with Crippen LogP contribution in [0.15, 0.2) is 24.5 Å². The molecule has 0 amide bonds. The van der Waals surface area contributed by atoms with E-state index < -0.39 is 11.6 Å². The van der Waals surface area contributed by atoms with Crippen molar-refractivity contribution in [2.75, 3.05) is 26.3 Å². The van der Waals surface area contributed by atoms with Gasteiger partial charge in [-0.2, -0.15) is 5.10 Å². The fraction of sp³-hybridized carbons (Fsp3) is 0.467. The first kappa shape index (κ1) is 15.1. The maximum Gasteiger partial charge on any atom is 0.162 e. The zero-order valence-corrected chi connectivity index (χ0v) is 12.4. The molecule has 0 radical (unpaired) electrons. The number of rotatable bonds is 4. The van der Waals surface area contributed by atoms with Crippen molar-refractivity contribution in [3.8, 4) is 0 Å². The van der Waals surface area contributed by atoms with Crippen LogP contribution < -0.4 is 0 Å². The highest BCUT2D eigenvalue weighted by Crippen LogP contribution is 2.22. The largest absolute Gasteiger partial charge is 0.378 e. The summed E-state index contributed by atoms with van der Waals surface area (Å²) in [6, 6.07) is 4.28. The quantitative estimate of drug-likeness (QED) is 0.862. The van der Waals surface area contributed by atoms with E-state index in [1.165, 1.54) is 12.4 Å². The molecule has 1 aliphatic heterocycles. The van der Waals surface area contributed by atoms with Crippen LogP contribution in [0.2, 0.25) is 0 Å². The molecule has 3 rings (SSSR count). The Morgan fingerprint density at radius 1 is 1.36 bits per heavy atom. The number of aryl methyl sites for hydroxylation is 1. The molecule has 5 nitrogen and oxygen atoms in total. The lowest BCUT2D eigenvalue weighted by Crippen LogP contribution is -2.41. The fourth-order valence-corrected chi connectivity index (χ4v) is 2.76. The molecule has 1 aliphatic rings. The van der Waals surface area contributed by atoms with Crippen molar-refractivity contribution >= 4 is 0 Å². The molecule has 1 atom stereocenters. The Morgan fingerprint density at radius 3 is 3.00 bits per heavy atom. The summed E-state index contributed by atoms with van der Waals surface area (Å²) in [4.78, 5) is 6.45. The average Bonchev–Trinajstić information content (AvgIpc) is 2.95. The first-order chi connectivity index (χ1) is 10.7. The van der Waals surface area contributed by atoms with Crippen molar-refractivity contribution < 1.29 is 13.5 Å². The fourth-order valence-electron chi connectivity index (χ4n) is 2.76. The van der Waals surface area contributed by atoms with Crippen LogP contribution in [0, 0.1) is 11.6 Å². The minimum Gasteiger partial charge on any atom is -0.378 e. The predicted molar refractivity (Wildman–Crippen MR) is 76.2 cm³/mol. The molecular weight excluding hydrogens is 290 g/mol. The van der Waals surface area contributed by atoms with Gasteiger partial charge in [-0.05, 0) is 18.1 Å². The van der Waals surface area contributed by atoms with Gasteiger partial charge in [-0.1, -0.05) is 12.1 Å². The molecule has 0 N–H and O–H groups in total. The van der Waals surface area contributed by atoms with Crippen LogP contribution in [0.5, 0.6) is 0 Å². The minimum absolute atomic E-state index is 0.0159. The second-order valence-corrected chi connectivity index (χ2v) is 5.33. The average molecular weight is 308 g/mol. The van der Waals surface area contributed by atoms with Gasteiger partial charge in [-0.3, -0.25) is 9.58 Å². The van der Waals surface area contributed by atoms with E-state index in [1.54, 1.807) is 10.7 Å². The number of ether oxygens (including phenoxy) is 1. The summed E-state index contributed by atoms with van der Waals surface area (Å²) in [6.45, 7) is 2.49. The van der Waals surface area contributed by atoms with Gasteiger partial charge in [-0.15, -0.1) is 0 Å². The zero-order chi connectivity index (χ0) is 15.5. The Kier molecular flexibility index (Phi) is 4.44. The van der Waals surface area contributed by atoms with Gasteiger partial charge in [0.15, 0.2) is 11.6 Å². The minimum atomic E-state index is -0.802. The maximum absolute atomic E-state index is 13.7. The van der Waals surface area contributed by atoms with Gasteiger partial charge in [0.1, 0.15) is 12.2 Å². The molecule has 0 aliphatic carbocycles. The Balaban J connectivity index is 1.72. The van der Waals surface area contributed by atoms with E-state index in [2.05, 4.69) is 15.0 Å². The summed E-state index contributed by atoms with van der Waals surface area (Å²) in [5.74, 6) is -0.741. The molecule has 118 valence electrons. The van der Waals surface area contributed by atoms with E-state index in [0.29, 0.717) is 31.7 Å². The number of hydrogen-bond donors (Lipinski definition) is 0. The highest BCUT2D eigenvalue weighted by molar-refractivity contribution is 5.19. The molecule has 2 heterocycles. The molecule has 7 heteroatoms. The zero-order valence-electron chi connectivity index (χ0n) is 12.4. The van der Waals surface area contributed by atoms with E-state index >= 15 is 0 Å². The third-order valence-electron chi connectivity index (χ3n) is 3.98. The topological polar surface area (TPSA) is 43.2 Å². The highest BCUT2D eigenvalue weighted by atomic mass is 19.2. The number of aromatic nitrogens is 3. The third kappa shape index (κ3) is 3.00. The maximum atomic E-state index is 13.7. The van der Waals surface area contributed by atoms with Crippen LogP contribution in [0.25, 0.3) is 0 Å². The van der Waals surface area contributed by atoms with Crippen molar-refractivity contribution in [1.82, 2.24) is 19.7 Å². The van der Waals surface area contributed by atoms with Crippen LogP contribution in [0.4, 0.5) is 8.78 Å². The lowest BCUT2D eigenvalue weighted by atomic mass is 10.1. The van der Waals surface area contributed by atoms with Gasteiger partial charge in [0.25, 0.3) is 0 Å². The van der Waals surface area contributed by atoms with E-state index in [1.807, 2.05) is 7.05 Å². The number of morpholine rings is 1. The molecule has 1 saturated heterocycles. The number of halogens is 2. The predicted octanol–water partition coefficient (Wildman–Crippen LogP) is 1.71. The van der Waals surface area contributed by atoms with Crippen LogP contribution in [0.3, 0.4) is 0 Å². The van der Waals surface area contributed by atoms with Gasteiger partial charge in [0, 0.05) is 20.1 Å². The molecule has 2 aromatic rings. The van der Waals surface area contributed by atoms with Crippen molar-refractivity contribution in [2.24, 2.45) is 7.05 Å². The van der Waals surface area contributed by atoms with Gasteiger partial charge >= 0.3 is 0 Å². The van der Waals surface area contributed by atoms with Crippen LogP contribution in [-0.2, 0) is 18.2 Å². The second-order valence-electron chi connectivity index (χ2n) is 5.33. The standard InChI is InChI=1S/C15H18F2N4O/c1-20-15(18-10-19-20)13-9-22-8-7-21(13)6-5-11-3-2-4-12(16)14(11)17/h2-4,10,13H,5-9H2,1H3. The lowest BCUT2D eigenvalue weighted by Gasteiger charge is -2.34. The van der Waals surface area contributed by atoms with E-state index in [-0.39, 0.29) is 6.04 Å².